The van der Waals surface area contributed by atoms with Crippen LogP contribution in [0.5, 0.6) is 5.75 Å². The highest BCUT2D eigenvalue weighted by molar-refractivity contribution is 5.95. The number of carbonyl (C=O) groups is 2. The second kappa shape index (κ2) is 8.23. The summed E-state index contributed by atoms with van der Waals surface area (Å²) in [7, 11) is 0. The summed E-state index contributed by atoms with van der Waals surface area (Å²) < 4.78 is 30.9. The number of halogens is 2. The first-order valence-corrected chi connectivity index (χ1v) is 7.57. The molecule has 0 aliphatic heterocycles. The Hall–Kier alpha value is -2.96. The molecule has 0 saturated heterocycles. The van der Waals surface area contributed by atoms with E-state index in [0.29, 0.717) is 5.69 Å². The maximum absolute atomic E-state index is 13.0. The predicted molar refractivity (Wildman–Crippen MR) is 89.4 cm³/mol. The molecule has 0 aliphatic rings. The van der Waals surface area contributed by atoms with E-state index in [-0.39, 0.29) is 18.2 Å². The topological polar surface area (TPSA) is 67.4 Å². The zero-order valence-electron chi connectivity index (χ0n) is 13.9. The van der Waals surface area contributed by atoms with E-state index in [1.165, 1.54) is 6.07 Å². The Balaban J connectivity index is 1.79. The van der Waals surface area contributed by atoms with Gasteiger partial charge in [-0.15, -0.1) is 0 Å². The second-order valence-electron chi connectivity index (χ2n) is 5.46. The van der Waals surface area contributed by atoms with Crippen molar-refractivity contribution in [3.63, 3.8) is 0 Å². The standard InChI is InChI=1S/C18H18F2N2O3/c1-11-4-3-5-12(2)18(11)22-16(23)9-21-17(24)10-25-13-6-7-14(19)15(20)8-13/h3-8H,9-10H2,1-2H3,(H,21,24)(H,22,23). The fraction of sp³-hybridized carbons (Fsp3) is 0.222. The van der Waals surface area contributed by atoms with Crippen molar-refractivity contribution in [2.75, 3.05) is 18.5 Å². The summed E-state index contributed by atoms with van der Waals surface area (Å²) in [5, 5.41) is 5.13. The number of nitrogens with one attached hydrogen (secondary N) is 2. The summed E-state index contributed by atoms with van der Waals surface area (Å²) in [6.45, 7) is 3.10. The van der Waals surface area contributed by atoms with E-state index in [1.54, 1.807) is 0 Å². The molecule has 0 bridgehead atoms. The Labute approximate surface area is 144 Å². The van der Waals surface area contributed by atoms with Gasteiger partial charge < -0.3 is 15.4 Å². The van der Waals surface area contributed by atoms with Gasteiger partial charge in [0.1, 0.15) is 5.75 Å². The lowest BCUT2D eigenvalue weighted by molar-refractivity contribution is -0.125. The average Bonchev–Trinajstić information content (AvgIpc) is 2.57. The van der Waals surface area contributed by atoms with Crippen LogP contribution in [-0.2, 0) is 9.59 Å². The van der Waals surface area contributed by atoms with Crippen LogP contribution in [0.2, 0.25) is 0 Å². The first-order valence-electron chi connectivity index (χ1n) is 7.57. The van der Waals surface area contributed by atoms with Crippen molar-refractivity contribution in [2.45, 2.75) is 13.8 Å². The number of benzene rings is 2. The molecule has 0 saturated carbocycles. The van der Waals surface area contributed by atoms with Crippen LogP contribution < -0.4 is 15.4 Å². The second-order valence-corrected chi connectivity index (χ2v) is 5.46. The van der Waals surface area contributed by atoms with Crippen molar-refractivity contribution in [1.29, 1.82) is 0 Å². The number of ether oxygens (including phenoxy) is 1. The first-order chi connectivity index (χ1) is 11.9. The summed E-state index contributed by atoms with van der Waals surface area (Å²) in [5.41, 5.74) is 2.54. The zero-order valence-corrected chi connectivity index (χ0v) is 13.9. The number of aryl methyl sites for hydroxylation is 2. The van der Waals surface area contributed by atoms with Crippen LogP contribution in [0.3, 0.4) is 0 Å². The van der Waals surface area contributed by atoms with Gasteiger partial charge in [-0.25, -0.2) is 8.78 Å². The van der Waals surface area contributed by atoms with Gasteiger partial charge in [0.2, 0.25) is 5.91 Å². The molecule has 0 fully saturated rings. The molecule has 5 nitrogen and oxygen atoms in total. The number of para-hydroxylation sites is 1. The van der Waals surface area contributed by atoms with Crippen molar-refractivity contribution in [2.24, 2.45) is 0 Å². The molecule has 2 N–H and O–H groups in total. The fourth-order valence-electron chi connectivity index (χ4n) is 2.14. The van der Waals surface area contributed by atoms with Crippen molar-refractivity contribution < 1.29 is 23.1 Å². The molecule has 2 amide bonds. The minimum Gasteiger partial charge on any atom is -0.484 e. The van der Waals surface area contributed by atoms with Gasteiger partial charge in [0.05, 0.1) is 6.54 Å². The molecule has 0 spiro atoms. The number of hydrogen-bond donors (Lipinski definition) is 2. The summed E-state index contributed by atoms with van der Waals surface area (Å²) >= 11 is 0. The smallest absolute Gasteiger partial charge is 0.258 e. The van der Waals surface area contributed by atoms with E-state index in [9.17, 15) is 18.4 Å². The first kappa shape index (κ1) is 18.4. The maximum atomic E-state index is 13.0. The van der Waals surface area contributed by atoms with Gasteiger partial charge in [-0.2, -0.15) is 0 Å². The minimum absolute atomic E-state index is 0.0223. The lowest BCUT2D eigenvalue weighted by atomic mass is 10.1. The number of carbonyl (C=O) groups excluding carboxylic acids is 2. The Morgan fingerprint density at radius 2 is 1.68 bits per heavy atom. The Morgan fingerprint density at radius 3 is 2.32 bits per heavy atom. The van der Waals surface area contributed by atoms with Gasteiger partial charge in [-0.1, -0.05) is 18.2 Å². The highest BCUT2D eigenvalue weighted by Crippen LogP contribution is 2.19. The molecular weight excluding hydrogens is 330 g/mol. The lowest BCUT2D eigenvalue weighted by Crippen LogP contribution is -2.36. The molecular formula is C18H18F2N2O3. The van der Waals surface area contributed by atoms with Crippen molar-refractivity contribution in [3.8, 4) is 5.75 Å². The maximum Gasteiger partial charge on any atom is 0.258 e. The van der Waals surface area contributed by atoms with E-state index in [4.69, 9.17) is 4.74 Å². The molecule has 2 aromatic carbocycles. The number of amides is 2. The van der Waals surface area contributed by atoms with Crippen molar-refractivity contribution in [3.05, 3.63) is 59.2 Å². The SMILES string of the molecule is Cc1cccc(C)c1NC(=O)CNC(=O)COc1ccc(F)c(F)c1. The zero-order chi connectivity index (χ0) is 18.4. The number of hydrogen-bond acceptors (Lipinski definition) is 3. The third-order valence-corrected chi connectivity index (χ3v) is 3.45. The molecule has 0 atom stereocenters. The Bertz CT molecular complexity index is 774. The van der Waals surface area contributed by atoms with E-state index in [0.717, 1.165) is 23.3 Å². The quantitative estimate of drug-likeness (QED) is 0.843. The predicted octanol–water partition coefficient (Wildman–Crippen LogP) is 2.72. The van der Waals surface area contributed by atoms with Crippen molar-refractivity contribution >= 4 is 17.5 Å². The molecule has 0 aromatic heterocycles. The Kier molecular flexibility index (Phi) is 6.05. The minimum atomic E-state index is -1.06. The third-order valence-electron chi connectivity index (χ3n) is 3.45. The van der Waals surface area contributed by atoms with Gasteiger partial charge in [0.25, 0.3) is 5.91 Å². The van der Waals surface area contributed by atoms with Crippen LogP contribution in [0, 0.1) is 25.5 Å². The van der Waals surface area contributed by atoms with Crippen LogP contribution in [0.4, 0.5) is 14.5 Å². The molecule has 2 rings (SSSR count). The largest absolute Gasteiger partial charge is 0.484 e. The summed E-state index contributed by atoms with van der Waals surface area (Å²) in [5.74, 6) is -2.97. The molecule has 132 valence electrons. The normalized spacial score (nSPS) is 10.2. The summed E-state index contributed by atoms with van der Waals surface area (Å²) in [6, 6.07) is 8.58. The Morgan fingerprint density at radius 1 is 1.00 bits per heavy atom. The van der Waals surface area contributed by atoms with Crippen LogP contribution >= 0.6 is 0 Å². The van der Waals surface area contributed by atoms with E-state index in [1.807, 2.05) is 32.0 Å². The molecule has 0 unspecified atom stereocenters. The molecule has 25 heavy (non-hydrogen) atoms. The van der Waals surface area contributed by atoms with Crippen molar-refractivity contribution in [1.82, 2.24) is 5.32 Å². The lowest BCUT2D eigenvalue weighted by Gasteiger charge is -2.12. The molecule has 0 aliphatic carbocycles. The van der Waals surface area contributed by atoms with E-state index < -0.39 is 24.1 Å². The summed E-state index contributed by atoms with van der Waals surface area (Å²) in [4.78, 5) is 23.6. The van der Waals surface area contributed by atoms with Crippen LogP contribution in [0.15, 0.2) is 36.4 Å². The van der Waals surface area contributed by atoms with Gasteiger partial charge in [-0.05, 0) is 37.1 Å². The van der Waals surface area contributed by atoms with Gasteiger partial charge in [0, 0.05) is 11.8 Å². The molecule has 2 aromatic rings. The fourth-order valence-corrected chi connectivity index (χ4v) is 2.14. The highest BCUT2D eigenvalue weighted by Gasteiger charge is 2.10. The number of anilines is 1. The molecule has 0 radical (unpaired) electrons. The molecule has 7 heteroatoms. The molecule has 0 heterocycles. The van der Waals surface area contributed by atoms with E-state index >= 15 is 0 Å². The van der Waals surface area contributed by atoms with Crippen LogP contribution in [-0.4, -0.2) is 25.0 Å². The average molecular weight is 348 g/mol. The van der Waals surface area contributed by atoms with E-state index in [2.05, 4.69) is 10.6 Å². The monoisotopic (exact) mass is 348 g/mol. The van der Waals surface area contributed by atoms with Crippen LogP contribution in [0.1, 0.15) is 11.1 Å². The number of rotatable bonds is 6. The highest BCUT2D eigenvalue weighted by atomic mass is 19.2. The van der Waals surface area contributed by atoms with Gasteiger partial charge >= 0.3 is 0 Å². The summed E-state index contributed by atoms with van der Waals surface area (Å²) in [6.07, 6.45) is 0. The van der Waals surface area contributed by atoms with Crippen LogP contribution in [0.25, 0.3) is 0 Å². The van der Waals surface area contributed by atoms with Gasteiger partial charge in [-0.3, -0.25) is 9.59 Å². The third kappa shape index (κ3) is 5.27. The van der Waals surface area contributed by atoms with Gasteiger partial charge in [0.15, 0.2) is 18.2 Å².